The third-order valence-electron chi connectivity index (χ3n) is 5.81. The third-order valence-corrected chi connectivity index (χ3v) is 5.81. The second-order valence-electron chi connectivity index (χ2n) is 8.67. The minimum Gasteiger partial charge on any atom is -0.350 e. The van der Waals surface area contributed by atoms with Crippen molar-refractivity contribution in [3.63, 3.8) is 0 Å². The summed E-state index contributed by atoms with van der Waals surface area (Å²) in [5, 5.41) is 1.02. The second-order valence-corrected chi connectivity index (χ2v) is 8.67. The highest BCUT2D eigenvalue weighted by atomic mass is 16.2. The number of nitrogens with zero attached hydrogens (tertiary/aromatic N) is 5. The number of pyridine rings is 3. The monoisotopic (exact) mass is 499 g/mol. The van der Waals surface area contributed by atoms with Gasteiger partial charge in [-0.2, -0.15) is 0 Å². The maximum absolute atomic E-state index is 12.7. The summed E-state index contributed by atoms with van der Waals surface area (Å²) in [7, 11) is 0. The molecule has 2 aromatic carbocycles. The molecule has 0 fully saturated rings. The predicted molar refractivity (Wildman–Crippen MR) is 144 cm³/mol. The van der Waals surface area contributed by atoms with Crippen LogP contribution in [0.2, 0.25) is 0 Å². The molecule has 2 amide bonds. The van der Waals surface area contributed by atoms with E-state index in [1.807, 2.05) is 70.3 Å². The molecular formula is C31H25N5O2. The van der Waals surface area contributed by atoms with E-state index in [2.05, 4.69) is 39.2 Å². The first-order valence-corrected chi connectivity index (χ1v) is 12.2. The van der Waals surface area contributed by atoms with Crippen LogP contribution in [0.3, 0.4) is 0 Å². The van der Waals surface area contributed by atoms with E-state index in [1.165, 1.54) is 23.3 Å². The van der Waals surface area contributed by atoms with Crippen LogP contribution in [-0.2, 0) is 13.1 Å². The number of carbonyl (C=O) groups excluding carboxylic acids is 2. The normalized spacial score (nSPS) is 10.5. The molecule has 7 heteroatoms. The van der Waals surface area contributed by atoms with Crippen LogP contribution in [0.4, 0.5) is 0 Å². The van der Waals surface area contributed by atoms with Crippen LogP contribution >= 0.6 is 0 Å². The molecule has 0 aliphatic carbocycles. The summed E-state index contributed by atoms with van der Waals surface area (Å²) in [5.74, 6) is -1.05. The highest BCUT2D eigenvalue weighted by Crippen LogP contribution is 2.05. The number of amides is 2. The van der Waals surface area contributed by atoms with Gasteiger partial charge in [0.2, 0.25) is 0 Å². The molecule has 0 spiro atoms. The lowest BCUT2D eigenvalue weighted by molar-refractivity contribution is 0.0990. The van der Waals surface area contributed by atoms with Crippen molar-refractivity contribution in [2.24, 2.45) is 9.98 Å². The highest BCUT2D eigenvalue weighted by molar-refractivity contribution is 5.97. The standard InChI is InChI=1S/C31H25N5O2/c37-30(32-26-14-18-35(19-15-26)22-24-8-3-1-4-9-24)28-12-7-13-29(34-28)31(38)33-27-16-20-36(21-17-27)23-25-10-5-2-6-11-25/h1-21H,22-23H2. The Kier molecular flexibility index (Phi) is 7.56. The zero-order chi connectivity index (χ0) is 26.2. The van der Waals surface area contributed by atoms with Crippen molar-refractivity contribution in [1.82, 2.24) is 14.1 Å². The molecule has 3 heterocycles. The van der Waals surface area contributed by atoms with E-state index in [0.717, 1.165) is 13.1 Å². The molecule has 0 saturated carbocycles. The van der Waals surface area contributed by atoms with Crippen molar-refractivity contribution in [3.8, 4) is 0 Å². The number of aromatic nitrogens is 3. The van der Waals surface area contributed by atoms with E-state index < -0.39 is 11.8 Å². The molecule has 0 N–H and O–H groups in total. The fourth-order valence-electron chi connectivity index (χ4n) is 3.87. The lowest BCUT2D eigenvalue weighted by Gasteiger charge is -2.06. The van der Waals surface area contributed by atoms with Crippen LogP contribution < -0.4 is 10.7 Å². The average Bonchev–Trinajstić information content (AvgIpc) is 2.96. The van der Waals surface area contributed by atoms with Gasteiger partial charge in [0.1, 0.15) is 11.4 Å². The Morgan fingerprint density at radius 1 is 0.526 bits per heavy atom. The van der Waals surface area contributed by atoms with Gasteiger partial charge < -0.3 is 9.13 Å². The van der Waals surface area contributed by atoms with Crippen LogP contribution in [0.1, 0.15) is 32.1 Å². The Labute approximate surface area is 219 Å². The summed E-state index contributed by atoms with van der Waals surface area (Å²) < 4.78 is 4.01. The zero-order valence-electron chi connectivity index (χ0n) is 20.6. The minimum absolute atomic E-state index is 0.0841. The summed E-state index contributed by atoms with van der Waals surface area (Å²) >= 11 is 0. The van der Waals surface area contributed by atoms with Gasteiger partial charge in [-0.3, -0.25) is 9.59 Å². The smallest absolute Gasteiger partial charge is 0.296 e. The minimum atomic E-state index is -0.526. The van der Waals surface area contributed by atoms with E-state index in [9.17, 15) is 9.59 Å². The summed E-state index contributed by atoms with van der Waals surface area (Å²) in [6.07, 6.45) is 7.48. The van der Waals surface area contributed by atoms with Gasteiger partial charge in [0.15, 0.2) is 0 Å². The summed E-state index contributed by atoms with van der Waals surface area (Å²) in [4.78, 5) is 38.0. The van der Waals surface area contributed by atoms with Gasteiger partial charge in [0.05, 0.1) is 10.7 Å². The van der Waals surface area contributed by atoms with Gasteiger partial charge in [-0.25, -0.2) is 15.0 Å². The van der Waals surface area contributed by atoms with Crippen LogP contribution in [0.15, 0.2) is 138 Å². The fourth-order valence-corrected chi connectivity index (χ4v) is 3.87. The second kappa shape index (κ2) is 11.7. The maximum atomic E-state index is 12.7. The van der Waals surface area contributed by atoms with Crippen LogP contribution in [-0.4, -0.2) is 25.9 Å². The number of hydrogen-bond acceptors (Lipinski definition) is 3. The Hall–Kier alpha value is -5.17. The molecule has 0 aliphatic heterocycles. The zero-order valence-corrected chi connectivity index (χ0v) is 20.6. The maximum Gasteiger partial charge on any atom is 0.296 e. The Morgan fingerprint density at radius 2 is 0.921 bits per heavy atom. The first kappa shape index (κ1) is 24.5. The molecule has 5 aromatic rings. The molecule has 0 aliphatic rings. The van der Waals surface area contributed by atoms with Gasteiger partial charge in [-0.15, -0.1) is 0 Å². The number of benzene rings is 2. The number of carbonyl (C=O) groups is 2. The molecular weight excluding hydrogens is 474 g/mol. The van der Waals surface area contributed by atoms with Gasteiger partial charge in [-0.05, 0) is 47.5 Å². The van der Waals surface area contributed by atoms with Crippen molar-refractivity contribution in [1.29, 1.82) is 0 Å². The first-order valence-electron chi connectivity index (χ1n) is 12.2. The lowest BCUT2D eigenvalue weighted by Crippen LogP contribution is -2.13. The molecule has 0 atom stereocenters. The molecule has 3 aromatic heterocycles. The molecule has 7 nitrogen and oxygen atoms in total. The first-order chi connectivity index (χ1) is 18.6. The van der Waals surface area contributed by atoms with Crippen LogP contribution in [0, 0.1) is 0 Å². The van der Waals surface area contributed by atoms with Crippen molar-refractivity contribution >= 4 is 11.8 Å². The summed E-state index contributed by atoms with van der Waals surface area (Å²) in [6.45, 7) is 1.44. The van der Waals surface area contributed by atoms with Crippen molar-refractivity contribution in [3.05, 3.63) is 161 Å². The topological polar surface area (TPSA) is 81.6 Å². The summed E-state index contributed by atoms with van der Waals surface area (Å²) in [5.41, 5.74) is 2.52. The lowest BCUT2D eigenvalue weighted by atomic mass is 10.2. The van der Waals surface area contributed by atoms with Crippen LogP contribution in [0.5, 0.6) is 0 Å². The van der Waals surface area contributed by atoms with E-state index in [4.69, 9.17) is 0 Å². The molecule has 0 bridgehead atoms. The largest absolute Gasteiger partial charge is 0.350 e. The van der Waals surface area contributed by atoms with Crippen molar-refractivity contribution in [2.75, 3.05) is 0 Å². The average molecular weight is 500 g/mol. The summed E-state index contributed by atoms with van der Waals surface area (Å²) in [6, 6.07) is 31.9. The van der Waals surface area contributed by atoms with E-state index >= 15 is 0 Å². The van der Waals surface area contributed by atoms with E-state index in [1.54, 1.807) is 30.3 Å². The van der Waals surface area contributed by atoms with Crippen LogP contribution in [0.25, 0.3) is 0 Å². The number of hydrogen-bond donors (Lipinski definition) is 0. The van der Waals surface area contributed by atoms with Gasteiger partial charge in [0, 0.05) is 37.9 Å². The van der Waals surface area contributed by atoms with Crippen molar-refractivity contribution < 1.29 is 9.59 Å². The van der Waals surface area contributed by atoms with Crippen molar-refractivity contribution in [2.45, 2.75) is 13.1 Å². The Balaban J connectivity index is 1.27. The fraction of sp³-hybridized carbons (Fsp3) is 0.0645. The van der Waals surface area contributed by atoms with E-state index in [0.29, 0.717) is 10.7 Å². The Bertz CT molecular complexity index is 1540. The SMILES string of the molecule is O=C(N=c1ccn(Cc2ccccc2)cc1)c1cccc(C(=O)N=c2ccn(Cc3ccccc3)cc2)n1. The van der Waals surface area contributed by atoms with E-state index in [-0.39, 0.29) is 11.4 Å². The Morgan fingerprint density at radius 3 is 1.32 bits per heavy atom. The quantitative estimate of drug-likeness (QED) is 0.350. The molecule has 0 unspecified atom stereocenters. The molecule has 0 saturated heterocycles. The predicted octanol–water partition coefficient (Wildman–Crippen LogP) is 4.26. The van der Waals surface area contributed by atoms with Gasteiger partial charge in [-0.1, -0.05) is 66.7 Å². The molecule has 0 radical (unpaired) electrons. The molecule has 5 rings (SSSR count). The molecule has 38 heavy (non-hydrogen) atoms. The van der Waals surface area contributed by atoms with Gasteiger partial charge in [0.25, 0.3) is 11.8 Å². The molecule has 186 valence electrons. The highest BCUT2D eigenvalue weighted by Gasteiger charge is 2.11. The van der Waals surface area contributed by atoms with Gasteiger partial charge >= 0.3 is 0 Å². The third kappa shape index (κ3) is 6.53. The number of rotatable bonds is 6.